The van der Waals surface area contributed by atoms with Crippen molar-refractivity contribution in [2.24, 2.45) is 0 Å². The lowest BCUT2D eigenvalue weighted by molar-refractivity contribution is -0.0886. The molecule has 2 rings (SSSR count). The fraction of sp³-hybridized carbons (Fsp3) is 0.188. The predicted molar refractivity (Wildman–Crippen MR) is 86.7 cm³/mol. The summed E-state index contributed by atoms with van der Waals surface area (Å²) in [6.45, 7) is 0.253. The summed E-state index contributed by atoms with van der Waals surface area (Å²) in [6.07, 6.45) is 1.39. The van der Waals surface area contributed by atoms with Gasteiger partial charge in [0.25, 0.3) is 0 Å². The summed E-state index contributed by atoms with van der Waals surface area (Å²) in [5, 5.41) is 3.67. The molecule has 0 bridgehead atoms. The van der Waals surface area contributed by atoms with E-state index in [2.05, 4.69) is 5.32 Å². The third-order valence-corrected chi connectivity index (χ3v) is 4.06. The summed E-state index contributed by atoms with van der Waals surface area (Å²) in [5.74, 6) is -0.629. The van der Waals surface area contributed by atoms with Crippen molar-refractivity contribution in [2.75, 3.05) is 18.7 Å². The van der Waals surface area contributed by atoms with E-state index in [1.54, 1.807) is 0 Å². The van der Waals surface area contributed by atoms with Crippen LogP contribution in [0.5, 0.6) is 0 Å². The maximum Gasteiger partial charge on any atom is 0.346 e. The molecule has 0 aliphatic rings. The van der Waals surface area contributed by atoms with E-state index in [9.17, 15) is 13.4 Å². The Morgan fingerprint density at radius 1 is 1.26 bits per heavy atom. The highest BCUT2D eigenvalue weighted by Crippen LogP contribution is 2.18. The zero-order valence-corrected chi connectivity index (χ0v) is 13.6. The van der Waals surface area contributed by atoms with Crippen molar-refractivity contribution in [1.29, 1.82) is 0 Å². The molecule has 1 unspecified atom stereocenters. The highest BCUT2D eigenvalue weighted by Gasteiger charge is 2.15. The Balaban J connectivity index is 2.07. The predicted octanol–water partition coefficient (Wildman–Crippen LogP) is 3.16. The number of carbonyl (C=O) groups excluding carboxylic acids is 1. The van der Waals surface area contributed by atoms with Crippen molar-refractivity contribution in [2.45, 2.75) is 11.4 Å². The number of carbonyl (C=O) groups is 1. The lowest BCUT2D eigenvalue weighted by Crippen LogP contribution is -2.33. The molecular weight excluding hydrogens is 319 g/mol. The van der Waals surface area contributed by atoms with E-state index >= 15 is 0 Å². The van der Waals surface area contributed by atoms with Crippen LogP contribution in [0, 0.1) is 5.82 Å². The summed E-state index contributed by atoms with van der Waals surface area (Å²) in [4.78, 5) is 17.3. The van der Waals surface area contributed by atoms with Crippen molar-refractivity contribution in [1.82, 2.24) is 5.06 Å². The minimum atomic E-state index is -1.42. The summed E-state index contributed by atoms with van der Waals surface area (Å²) in [7, 11) is -0.0398. The van der Waals surface area contributed by atoms with Crippen LogP contribution in [0.25, 0.3) is 0 Å². The molecule has 0 spiro atoms. The Morgan fingerprint density at radius 2 is 1.96 bits per heavy atom. The second kappa shape index (κ2) is 7.85. The number of urea groups is 1. The molecule has 0 saturated carbocycles. The van der Waals surface area contributed by atoms with E-state index in [0.717, 1.165) is 16.7 Å². The molecular formula is C16H17FN2O3S. The van der Waals surface area contributed by atoms with Crippen LogP contribution in [-0.4, -0.2) is 28.7 Å². The Kier molecular flexibility index (Phi) is 5.84. The van der Waals surface area contributed by atoms with Gasteiger partial charge in [-0.2, -0.15) is 5.06 Å². The third kappa shape index (κ3) is 4.61. The van der Waals surface area contributed by atoms with E-state index in [0.29, 0.717) is 0 Å². The second-order valence-corrected chi connectivity index (χ2v) is 6.08. The quantitative estimate of drug-likeness (QED) is 0.853. The molecule has 5 nitrogen and oxygen atoms in total. The van der Waals surface area contributed by atoms with Gasteiger partial charge in [-0.15, -0.1) is 0 Å². The number of nitrogens with one attached hydrogen (secondary N) is 1. The van der Waals surface area contributed by atoms with Crippen LogP contribution in [0.4, 0.5) is 14.9 Å². The van der Waals surface area contributed by atoms with Crippen LogP contribution < -0.4 is 5.32 Å². The summed E-state index contributed by atoms with van der Waals surface area (Å²) < 4.78 is 25.1. The highest BCUT2D eigenvalue weighted by atomic mass is 32.2. The second-order valence-electron chi connectivity index (χ2n) is 4.73. The smallest absolute Gasteiger partial charge is 0.306 e. The monoisotopic (exact) mass is 336 g/mol. The van der Waals surface area contributed by atoms with Crippen molar-refractivity contribution in [3.8, 4) is 0 Å². The van der Waals surface area contributed by atoms with Gasteiger partial charge >= 0.3 is 6.03 Å². The number of hydrogen-bond donors (Lipinski definition) is 1. The molecule has 7 heteroatoms. The molecule has 0 aliphatic heterocycles. The van der Waals surface area contributed by atoms with Gasteiger partial charge in [0.2, 0.25) is 0 Å². The maximum atomic E-state index is 13.8. The minimum Gasteiger partial charge on any atom is -0.306 e. The van der Waals surface area contributed by atoms with Crippen molar-refractivity contribution in [3.05, 3.63) is 59.9 Å². The molecule has 0 radical (unpaired) electrons. The first-order valence-corrected chi connectivity index (χ1v) is 8.36. The van der Waals surface area contributed by atoms with Gasteiger partial charge in [0.15, 0.2) is 0 Å². The maximum absolute atomic E-state index is 13.8. The summed E-state index contributed by atoms with van der Waals surface area (Å²) in [6, 6.07) is 12.8. The van der Waals surface area contributed by atoms with Gasteiger partial charge in [-0.05, 0) is 23.8 Å². The van der Waals surface area contributed by atoms with Crippen molar-refractivity contribution < 1.29 is 18.2 Å². The first kappa shape index (κ1) is 17.1. The topological polar surface area (TPSA) is 58.6 Å². The number of hydrogen-bond acceptors (Lipinski definition) is 3. The molecule has 1 atom stereocenters. The fourth-order valence-corrected chi connectivity index (χ4v) is 2.56. The molecule has 0 aliphatic carbocycles. The van der Waals surface area contributed by atoms with Gasteiger partial charge in [-0.1, -0.05) is 30.3 Å². The molecule has 0 saturated heterocycles. The first-order chi connectivity index (χ1) is 11.0. The van der Waals surface area contributed by atoms with Crippen molar-refractivity contribution >= 4 is 22.5 Å². The van der Waals surface area contributed by atoms with E-state index in [1.807, 2.05) is 30.3 Å². The van der Waals surface area contributed by atoms with Crippen LogP contribution in [-0.2, 0) is 22.2 Å². The van der Waals surface area contributed by atoms with Crippen LogP contribution >= 0.6 is 0 Å². The van der Waals surface area contributed by atoms with Gasteiger partial charge in [-0.25, -0.2) is 9.18 Å². The van der Waals surface area contributed by atoms with Gasteiger partial charge < -0.3 is 5.32 Å². The number of rotatable bonds is 5. The number of hydroxylamine groups is 2. The molecule has 0 aromatic heterocycles. The van der Waals surface area contributed by atoms with Crippen LogP contribution in [0.3, 0.4) is 0 Å². The van der Waals surface area contributed by atoms with Gasteiger partial charge in [-0.3, -0.25) is 9.05 Å². The first-order valence-electron chi connectivity index (χ1n) is 6.81. The third-order valence-electron chi connectivity index (χ3n) is 3.11. The van der Waals surface area contributed by atoms with Gasteiger partial charge in [0, 0.05) is 11.9 Å². The number of anilines is 1. The molecule has 122 valence electrons. The number of nitrogens with zero attached hydrogens (tertiary/aromatic N) is 1. The summed E-state index contributed by atoms with van der Waals surface area (Å²) in [5.41, 5.74) is 1.16. The molecule has 23 heavy (non-hydrogen) atoms. The van der Waals surface area contributed by atoms with E-state index in [1.165, 1.54) is 25.5 Å². The Bertz CT molecular complexity index is 710. The fourth-order valence-electron chi connectivity index (χ4n) is 1.97. The average Bonchev–Trinajstić information content (AvgIpc) is 2.53. The van der Waals surface area contributed by atoms with Gasteiger partial charge in [0.05, 0.1) is 29.3 Å². The number of benzene rings is 2. The SMILES string of the molecule is CON(Cc1ccccc1)C(=O)Nc1ccc(S(C)=O)c(F)c1. The zero-order valence-electron chi connectivity index (χ0n) is 12.8. The summed E-state index contributed by atoms with van der Waals surface area (Å²) >= 11 is 0. The van der Waals surface area contributed by atoms with E-state index in [4.69, 9.17) is 4.84 Å². The largest absolute Gasteiger partial charge is 0.346 e. The Morgan fingerprint density at radius 3 is 2.52 bits per heavy atom. The molecule has 1 N–H and O–H groups in total. The van der Waals surface area contributed by atoms with E-state index in [-0.39, 0.29) is 17.1 Å². The lowest BCUT2D eigenvalue weighted by atomic mass is 10.2. The molecule has 2 aromatic carbocycles. The molecule has 2 aromatic rings. The number of halogens is 1. The molecule has 2 amide bonds. The minimum absolute atomic E-state index is 0.0934. The van der Waals surface area contributed by atoms with Crippen LogP contribution in [0.2, 0.25) is 0 Å². The van der Waals surface area contributed by atoms with Crippen LogP contribution in [0.1, 0.15) is 5.56 Å². The Labute approximate surface area is 136 Å². The molecule has 0 fully saturated rings. The lowest BCUT2D eigenvalue weighted by Gasteiger charge is -2.20. The zero-order chi connectivity index (χ0) is 16.8. The van der Waals surface area contributed by atoms with Gasteiger partial charge in [0.1, 0.15) is 5.82 Å². The Hall–Kier alpha value is -2.25. The highest BCUT2D eigenvalue weighted by molar-refractivity contribution is 7.84. The van der Waals surface area contributed by atoms with Crippen LogP contribution in [0.15, 0.2) is 53.4 Å². The standard InChI is InChI=1S/C16H17FN2O3S/c1-22-19(11-12-6-4-3-5-7-12)16(20)18-13-8-9-15(23(2)21)14(17)10-13/h3-10H,11H2,1-2H3,(H,18,20). The van der Waals surface area contributed by atoms with Crippen molar-refractivity contribution in [3.63, 3.8) is 0 Å². The normalized spacial score (nSPS) is 11.8. The molecule has 0 heterocycles. The van der Waals surface area contributed by atoms with E-state index < -0.39 is 22.6 Å². The number of amides is 2. The average molecular weight is 336 g/mol.